The molecule has 0 aliphatic carbocycles. The van der Waals surface area contributed by atoms with E-state index in [1.54, 1.807) is 0 Å². The van der Waals surface area contributed by atoms with E-state index in [9.17, 15) is 0 Å². The van der Waals surface area contributed by atoms with Crippen molar-refractivity contribution in [1.29, 1.82) is 0 Å². The summed E-state index contributed by atoms with van der Waals surface area (Å²) in [5, 5.41) is 0. The zero-order valence-corrected chi connectivity index (χ0v) is 9.12. The van der Waals surface area contributed by atoms with E-state index in [2.05, 4.69) is 33.3 Å². The summed E-state index contributed by atoms with van der Waals surface area (Å²) < 4.78 is 5.95. The first-order valence-electron chi connectivity index (χ1n) is 3.88. The molecule has 66 valence electrons. The van der Waals surface area contributed by atoms with E-state index in [0.29, 0.717) is 12.9 Å². The molecule has 0 fully saturated rings. The molecule has 11 heavy (non-hydrogen) atoms. The van der Waals surface area contributed by atoms with Crippen LogP contribution in [0.4, 0.5) is 0 Å². The molecule has 0 aromatic carbocycles. The Morgan fingerprint density at radius 3 is 2.00 bits per heavy atom. The quantitative estimate of drug-likeness (QED) is 0.597. The van der Waals surface area contributed by atoms with Crippen LogP contribution in [0.5, 0.6) is 0 Å². The average molecular weight is 174 g/mol. The summed E-state index contributed by atoms with van der Waals surface area (Å²) in [6.07, 6.45) is 4.98. The molecule has 0 N–H and O–H groups in total. The van der Waals surface area contributed by atoms with Gasteiger partial charge in [-0.1, -0.05) is 27.1 Å². The first-order valence-corrected chi connectivity index (χ1v) is 6.26. The first-order chi connectivity index (χ1) is 4.81. The summed E-state index contributed by atoms with van der Waals surface area (Å²) in [4.78, 5) is 0. The van der Waals surface area contributed by atoms with Crippen LogP contribution in [0.1, 0.15) is 20.8 Å². The maximum atomic E-state index is 5.70. The van der Waals surface area contributed by atoms with Crippen LogP contribution in [-0.4, -0.2) is 31.7 Å². The Hall–Kier alpha value is 0.375. The summed E-state index contributed by atoms with van der Waals surface area (Å²) in [6, 6.07) is 0. The first kappa shape index (κ1) is 11.4. The van der Waals surface area contributed by atoms with E-state index in [0.717, 1.165) is 0 Å². The van der Waals surface area contributed by atoms with Crippen molar-refractivity contribution in [2.45, 2.75) is 31.8 Å². The third-order valence-electron chi connectivity index (χ3n) is 1.97. The van der Waals surface area contributed by atoms with E-state index in [-0.39, 0.29) is 4.75 Å². The summed E-state index contributed by atoms with van der Waals surface area (Å²) in [7, 11) is 4.43. The fourth-order valence-corrected chi connectivity index (χ4v) is 1.30. The van der Waals surface area contributed by atoms with Gasteiger partial charge in [0.15, 0.2) is 0 Å². The SMILES string of the molecule is [B]CCOS(C)(C)C(C)(C)C. The third kappa shape index (κ3) is 3.52. The zero-order chi connectivity index (χ0) is 9.12. The highest BCUT2D eigenvalue weighted by Gasteiger charge is 2.28. The van der Waals surface area contributed by atoms with Crippen molar-refractivity contribution in [1.82, 2.24) is 0 Å². The maximum absolute atomic E-state index is 5.70. The lowest BCUT2D eigenvalue weighted by atomic mass is 10.1. The Balaban J connectivity index is 4.00. The summed E-state index contributed by atoms with van der Waals surface area (Å²) in [5.41, 5.74) is 0. The van der Waals surface area contributed by atoms with E-state index in [1.807, 2.05) is 0 Å². The summed E-state index contributed by atoms with van der Waals surface area (Å²) in [6.45, 7) is 7.30. The molecule has 0 saturated carbocycles. The second kappa shape index (κ2) is 3.86. The van der Waals surface area contributed by atoms with Gasteiger partial charge in [-0.15, -0.1) is 10.3 Å². The van der Waals surface area contributed by atoms with Gasteiger partial charge in [0.25, 0.3) is 0 Å². The van der Waals surface area contributed by atoms with Crippen LogP contribution in [0.15, 0.2) is 0 Å². The van der Waals surface area contributed by atoms with Crippen molar-refractivity contribution in [3.63, 3.8) is 0 Å². The van der Waals surface area contributed by atoms with Crippen LogP contribution in [-0.2, 0) is 4.18 Å². The standard InChI is InChI=1S/C8H19BOS/c1-8(2,3)11(4,5)10-7-6-9/h6-7H2,1-5H3. The molecule has 0 amide bonds. The van der Waals surface area contributed by atoms with Crippen LogP contribution < -0.4 is 0 Å². The molecular weight excluding hydrogens is 155 g/mol. The molecule has 0 rings (SSSR count). The van der Waals surface area contributed by atoms with E-state index < -0.39 is 10.3 Å². The average Bonchev–Trinajstić information content (AvgIpc) is 1.81. The van der Waals surface area contributed by atoms with Gasteiger partial charge in [0.2, 0.25) is 0 Å². The van der Waals surface area contributed by atoms with Crippen molar-refractivity contribution >= 4 is 18.2 Å². The molecule has 0 saturated heterocycles. The van der Waals surface area contributed by atoms with Crippen molar-refractivity contribution in [3.8, 4) is 0 Å². The minimum Gasteiger partial charge on any atom is -0.337 e. The minimum absolute atomic E-state index is 0.252. The fourth-order valence-electron chi connectivity index (χ4n) is 0.433. The molecule has 0 aromatic rings. The molecule has 1 nitrogen and oxygen atoms in total. The van der Waals surface area contributed by atoms with Crippen LogP contribution in [0.3, 0.4) is 0 Å². The van der Waals surface area contributed by atoms with Crippen LogP contribution >= 0.6 is 10.3 Å². The van der Waals surface area contributed by atoms with Gasteiger partial charge in [0.1, 0.15) is 0 Å². The summed E-state index contributed by atoms with van der Waals surface area (Å²) >= 11 is 0. The largest absolute Gasteiger partial charge is 0.337 e. The Bertz CT molecular complexity index is 118. The van der Waals surface area contributed by atoms with Gasteiger partial charge in [0.05, 0.1) is 14.5 Å². The van der Waals surface area contributed by atoms with Gasteiger partial charge in [-0.25, -0.2) is 0 Å². The van der Waals surface area contributed by atoms with Gasteiger partial charge >= 0.3 is 0 Å². The lowest BCUT2D eigenvalue weighted by Gasteiger charge is -2.43. The predicted molar refractivity (Wildman–Crippen MR) is 55.7 cm³/mol. The molecule has 0 spiro atoms. The van der Waals surface area contributed by atoms with Gasteiger partial charge in [-0.05, 0) is 12.5 Å². The Kier molecular flexibility index (Phi) is 3.99. The highest BCUT2D eigenvalue weighted by atomic mass is 32.3. The molecule has 3 heteroatoms. The normalized spacial score (nSPS) is 15.0. The predicted octanol–water partition coefficient (Wildman–Crippen LogP) is 2.37. The molecule has 0 aromatic heterocycles. The van der Waals surface area contributed by atoms with E-state index in [4.69, 9.17) is 12.0 Å². The molecule has 0 heterocycles. The topological polar surface area (TPSA) is 9.23 Å². The van der Waals surface area contributed by atoms with Gasteiger partial charge < -0.3 is 4.18 Å². The van der Waals surface area contributed by atoms with E-state index >= 15 is 0 Å². The number of hydrogen-bond donors (Lipinski definition) is 0. The number of rotatable bonds is 3. The van der Waals surface area contributed by atoms with Gasteiger partial charge in [-0.2, -0.15) is 0 Å². The molecule has 0 atom stereocenters. The smallest absolute Gasteiger partial charge is 0.0684 e. The Labute approximate surface area is 73.8 Å². The van der Waals surface area contributed by atoms with Crippen molar-refractivity contribution in [3.05, 3.63) is 0 Å². The Morgan fingerprint density at radius 1 is 1.27 bits per heavy atom. The van der Waals surface area contributed by atoms with E-state index in [1.165, 1.54) is 0 Å². The molecule has 2 radical (unpaired) electrons. The van der Waals surface area contributed by atoms with Gasteiger partial charge in [-0.3, -0.25) is 0 Å². The monoisotopic (exact) mass is 174 g/mol. The van der Waals surface area contributed by atoms with Crippen LogP contribution in [0.2, 0.25) is 6.32 Å². The van der Waals surface area contributed by atoms with Crippen molar-refractivity contribution in [2.24, 2.45) is 0 Å². The molecule has 0 aliphatic heterocycles. The second-order valence-electron chi connectivity index (χ2n) is 3.96. The molecule has 0 unspecified atom stereocenters. The van der Waals surface area contributed by atoms with Gasteiger partial charge in [0, 0.05) is 4.75 Å². The molecule has 0 aliphatic rings. The maximum Gasteiger partial charge on any atom is 0.0684 e. The van der Waals surface area contributed by atoms with Crippen LogP contribution in [0.25, 0.3) is 0 Å². The fraction of sp³-hybridized carbons (Fsp3) is 1.00. The molecular formula is C8H19BOS. The lowest BCUT2D eigenvalue weighted by Crippen LogP contribution is -2.25. The third-order valence-corrected chi connectivity index (χ3v) is 5.68. The van der Waals surface area contributed by atoms with Crippen molar-refractivity contribution in [2.75, 3.05) is 19.1 Å². The molecule has 0 bridgehead atoms. The Morgan fingerprint density at radius 2 is 1.73 bits per heavy atom. The lowest BCUT2D eigenvalue weighted by molar-refractivity contribution is 0.374. The number of hydrogen-bond acceptors (Lipinski definition) is 1. The van der Waals surface area contributed by atoms with Crippen LogP contribution in [0, 0.1) is 0 Å². The minimum atomic E-state index is -0.940. The zero-order valence-electron chi connectivity index (χ0n) is 8.31. The highest BCUT2D eigenvalue weighted by Crippen LogP contribution is 2.53. The second-order valence-corrected chi connectivity index (χ2v) is 7.88. The summed E-state index contributed by atoms with van der Waals surface area (Å²) in [5.74, 6) is 0. The van der Waals surface area contributed by atoms with Crippen molar-refractivity contribution < 1.29 is 4.18 Å². The highest BCUT2D eigenvalue weighted by molar-refractivity contribution is 8.29.